The number of ketones is 1. The van der Waals surface area contributed by atoms with E-state index in [1.54, 1.807) is 0 Å². The lowest BCUT2D eigenvalue weighted by Crippen LogP contribution is -2.69. The van der Waals surface area contributed by atoms with Crippen molar-refractivity contribution < 1.29 is 198 Å². The highest BCUT2D eigenvalue weighted by atomic mass is 16.8. The van der Waals surface area contributed by atoms with Crippen molar-refractivity contribution in [1.82, 2.24) is 0 Å². The number of hydrogen-bond acceptors (Lipinski definition) is 40. The largest absolute Gasteiger partial charge is 0.394 e. The molecular formula is C69H114O40. The summed E-state index contributed by atoms with van der Waals surface area (Å²) in [5, 5.41) is 265. The van der Waals surface area contributed by atoms with E-state index >= 15 is 4.79 Å². The Labute approximate surface area is 625 Å². The maximum absolute atomic E-state index is 15.1. The maximum atomic E-state index is 15.1. The minimum atomic E-state index is -2.33. The monoisotopic (exact) mass is 1580 g/mol. The van der Waals surface area contributed by atoms with Crippen molar-refractivity contribution in [3.63, 3.8) is 0 Å². The van der Waals surface area contributed by atoms with Crippen LogP contribution in [0.2, 0.25) is 0 Å². The molecule has 0 amide bonds. The first-order valence-electron chi connectivity index (χ1n) is 37.8. The Hall–Kier alpha value is -1.89. The lowest BCUT2D eigenvalue weighted by molar-refractivity contribution is -0.414. The molecule has 40 nitrogen and oxygen atoms in total. The van der Waals surface area contributed by atoms with E-state index < -0.39 is 307 Å². The standard InChI is InChI=1S/C69H114O40/c1-21(20-95-60-48(88)44(84)38(78)28(14-70)98-60)8-11-69(94)22(2)35-56(109-69)42(82)36-26-7-6-24-12-25(9-10-67(24,4)27(26)13-34(76)68(35,36)5)97-62-51(91)46(86)55(33(19-75)102-62)105-66-59(108-65-53(93)57(40(80)30(16-72)100-65)106-63-50(90)45(85)39(79)29(15-71)99-63)58(41(81)31(17-73)101-66)107-64-52(92)47(87)54(32(18-74)103-64)104-61-49(89)43(83)37(77)23(3)96-61/h21-33,35-66,70-75,77-94H,6-20H2,1-5H3/t21-,22+,23+,24+,25+,26-,27+,28-,29-,30-,31-,32-,33-,35+,36-,37+,38-,39-,40-,41-,42-,43-,44+,45+,46-,47-,48-,49-,50-,51-,52-,53-,54-,55+,56-,57+,58+,59-,60-,61+,62-,63+,64+,65+,66+,67+,68-,69-/m1/s1. The third-order valence-electron chi connectivity index (χ3n) is 26.3. The zero-order chi connectivity index (χ0) is 79.3. The van der Waals surface area contributed by atoms with Crippen molar-refractivity contribution >= 4 is 5.78 Å². The number of aliphatic hydroxyl groups excluding tert-OH is 23. The summed E-state index contributed by atoms with van der Waals surface area (Å²) in [6, 6.07) is 0. The fourth-order valence-corrected chi connectivity index (χ4v) is 19.7. The van der Waals surface area contributed by atoms with Crippen molar-refractivity contribution in [2.75, 3.05) is 46.2 Å². The summed E-state index contributed by atoms with van der Waals surface area (Å²) in [6.07, 6.45) is -65.7. The molecule has 0 aromatic heterocycles. The van der Waals surface area contributed by atoms with E-state index in [4.69, 9.17) is 71.1 Å². The van der Waals surface area contributed by atoms with Crippen LogP contribution in [0.1, 0.15) is 86.0 Å². The van der Waals surface area contributed by atoms with Gasteiger partial charge >= 0.3 is 0 Å². The maximum Gasteiger partial charge on any atom is 0.187 e. The van der Waals surface area contributed by atoms with E-state index in [2.05, 4.69) is 6.92 Å². The minimum Gasteiger partial charge on any atom is -0.394 e. The van der Waals surface area contributed by atoms with Gasteiger partial charge in [-0.1, -0.05) is 27.7 Å². The van der Waals surface area contributed by atoms with Crippen LogP contribution in [0.5, 0.6) is 0 Å². The van der Waals surface area contributed by atoms with Gasteiger partial charge in [-0.25, -0.2) is 0 Å². The number of carbonyl (C=O) groups is 1. The highest BCUT2D eigenvalue weighted by Crippen LogP contribution is 2.70. The molecule has 630 valence electrons. The van der Waals surface area contributed by atoms with Crippen molar-refractivity contribution in [3.8, 4) is 0 Å². The van der Waals surface area contributed by atoms with Gasteiger partial charge in [-0.3, -0.25) is 4.79 Å². The summed E-state index contributed by atoms with van der Waals surface area (Å²) in [7, 11) is 0. The van der Waals surface area contributed by atoms with Crippen LogP contribution < -0.4 is 0 Å². The normalized spacial score (nSPS) is 55.4. The second-order valence-corrected chi connectivity index (χ2v) is 32.6. The van der Waals surface area contributed by atoms with Gasteiger partial charge in [-0.15, -0.1) is 0 Å². The molecule has 12 aliphatic rings. The van der Waals surface area contributed by atoms with Gasteiger partial charge in [0.2, 0.25) is 0 Å². The van der Waals surface area contributed by atoms with Crippen LogP contribution in [0.4, 0.5) is 0 Å². The first-order valence-corrected chi connectivity index (χ1v) is 37.8. The van der Waals surface area contributed by atoms with Gasteiger partial charge in [0.05, 0.1) is 70.7 Å². The molecule has 0 spiro atoms. The molecule has 109 heavy (non-hydrogen) atoms. The number of rotatable bonds is 24. The SMILES string of the molecule is C[C@H](CC[C@@]1(O)O[C@H]2[C@H](O)[C@H]3[C@@H]4CC[C@H]5C[C@@H](O[C@@H]6O[C@H](CO)[C@H](O[C@@H]7O[C@H](CO)[C@@H](O)[C@H](O[C@@H]8O[C@H](CO)[C@@H](O[C@@H]9O[C@@H](C)[C@H](O)[C@@H](O)[C@H]9O)[C@H](O)[C@H]8O)[C@H]7O[C@@H]7O[C@H](CO)[C@@H](O)[C@H](O[C@@H]8O[C@H](CO)[C@@H](O)[C@H](O)[C@H]8O)[C@H]7O)[C@H](O)[C@H]6O)CC[C@]5(C)[C@H]4CC(=O)[C@]3(C)[C@H]2[C@@H]1C)CO[C@@H]1O[C@H](CO)[C@@H](O)[C@H](O)[C@H]1O. The molecule has 40 heteroatoms. The fourth-order valence-electron chi connectivity index (χ4n) is 19.7. The molecule has 12 fully saturated rings. The second kappa shape index (κ2) is 34.6. The quantitative estimate of drug-likeness (QED) is 0.0399. The van der Waals surface area contributed by atoms with Crippen LogP contribution in [0.3, 0.4) is 0 Å². The van der Waals surface area contributed by atoms with E-state index in [0.717, 1.165) is 0 Å². The number of Topliss-reactive ketones (excluding diaryl/α,β-unsaturated/α-hetero) is 1. The van der Waals surface area contributed by atoms with Crippen molar-refractivity contribution in [1.29, 1.82) is 0 Å². The van der Waals surface area contributed by atoms with Crippen molar-refractivity contribution in [2.45, 2.75) is 325 Å². The van der Waals surface area contributed by atoms with Gasteiger partial charge in [-0.2, -0.15) is 0 Å². The Balaban J connectivity index is 0.729. The molecule has 4 saturated carbocycles. The molecule has 0 aromatic carbocycles. The Morgan fingerprint density at radius 3 is 1.42 bits per heavy atom. The first-order chi connectivity index (χ1) is 51.5. The molecule has 0 radical (unpaired) electrons. The number of hydrogen-bond donors (Lipinski definition) is 24. The molecule has 0 unspecified atom stereocenters. The average Bonchev–Trinajstić information content (AvgIpc) is 1.52. The second-order valence-electron chi connectivity index (χ2n) is 32.6. The van der Waals surface area contributed by atoms with Crippen LogP contribution in [0, 0.1) is 52.3 Å². The lowest BCUT2D eigenvalue weighted by Gasteiger charge is -2.61. The molecule has 0 bridgehead atoms. The smallest absolute Gasteiger partial charge is 0.187 e. The lowest BCUT2D eigenvalue weighted by atomic mass is 9.44. The Morgan fingerprint density at radius 1 is 0.431 bits per heavy atom. The molecule has 8 heterocycles. The van der Waals surface area contributed by atoms with E-state index in [-0.39, 0.29) is 48.9 Å². The van der Waals surface area contributed by atoms with E-state index in [9.17, 15) is 123 Å². The van der Waals surface area contributed by atoms with E-state index in [0.29, 0.717) is 38.5 Å². The zero-order valence-electron chi connectivity index (χ0n) is 60.9. The van der Waals surface area contributed by atoms with Crippen molar-refractivity contribution in [2.24, 2.45) is 52.3 Å². The minimum absolute atomic E-state index is 0.00206. The van der Waals surface area contributed by atoms with Crippen LogP contribution in [0.15, 0.2) is 0 Å². The van der Waals surface area contributed by atoms with E-state index in [1.807, 2.05) is 20.8 Å². The summed E-state index contributed by atoms with van der Waals surface area (Å²) in [5.41, 5.74) is -1.55. The fraction of sp³-hybridized carbons (Fsp3) is 0.986. The average molecular weight is 1580 g/mol. The van der Waals surface area contributed by atoms with Gasteiger partial charge in [0, 0.05) is 36.0 Å². The predicted molar refractivity (Wildman–Crippen MR) is 350 cm³/mol. The van der Waals surface area contributed by atoms with Gasteiger partial charge in [0.15, 0.2) is 49.8 Å². The summed E-state index contributed by atoms with van der Waals surface area (Å²) in [6.45, 7) is 3.20. The molecule has 0 aromatic rings. The third-order valence-corrected chi connectivity index (χ3v) is 26.3. The van der Waals surface area contributed by atoms with Crippen LogP contribution >= 0.6 is 0 Å². The predicted octanol–water partition coefficient (Wildman–Crippen LogP) is -11.3. The van der Waals surface area contributed by atoms with Gasteiger partial charge in [0.25, 0.3) is 0 Å². The summed E-state index contributed by atoms with van der Waals surface area (Å²) in [5.74, 6) is -4.14. The number of carbonyl (C=O) groups excluding carboxylic acids is 1. The number of fused-ring (bicyclic) bond motifs is 7. The number of ether oxygens (including phenoxy) is 15. The highest BCUT2D eigenvalue weighted by molar-refractivity contribution is 5.87. The Bertz CT molecular complexity index is 2950. The molecule has 48 atom stereocenters. The van der Waals surface area contributed by atoms with Crippen LogP contribution in [-0.2, 0) is 75.8 Å². The number of aliphatic hydroxyl groups is 24. The zero-order valence-corrected chi connectivity index (χ0v) is 60.9. The van der Waals surface area contributed by atoms with Crippen LogP contribution in [-0.4, -0.2) is 414 Å². The summed E-state index contributed by atoms with van der Waals surface area (Å²) in [4.78, 5) is 15.1. The topological polar surface area (TPSA) is 641 Å². The molecule has 24 N–H and O–H groups in total. The molecular weight excluding hydrogens is 1470 g/mol. The molecule has 8 saturated heterocycles. The Kier molecular flexibility index (Phi) is 27.4. The first kappa shape index (κ1) is 86.5. The summed E-state index contributed by atoms with van der Waals surface area (Å²) < 4.78 is 89.6. The Morgan fingerprint density at radius 2 is 0.862 bits per heavy atom. The summed E-state index contributed by atoms with van der Waals surface area (Å²) >= 11 is 0. The molecule has 4 aliphatic carbocycles. The van der Waals surface area contributed by atoms with Gasteiger partial charge in [-0.05, 0) is 74.5 Å². The van der Waals surface area contributed by atoms with Gasteiger partial charge < -0.3 is 194 Å². The third kappa shape index (κ3) is 15.9. The van der Waals surface area contributed by atoms with Crippen molar-refractivity contribution in [3.05, 3.63) is 0 Å². The van der Waals surface area contributed by atoms with Crippen LogP contribution in [0.25, 0.3) is 0 Å². The van der Waals surface area contributed by atoms with E-state index in [1.165, 1.54) is 6.92 Å². The highest BCUT2D eigenvalue weighted by Gasteiger charge is 2.75. The van der Waals surface area contributed by atoms with Gasteiger partial charge in [0.1, 0.15) is 171 Å². The molecule has 12 rings (SSSR count). The molecule has 8 aliphatic heterocycles.